The van der Waals surface area contributed by atoms with Gasteiger partial charge in [-0.2, -0.15) is 0 Å². The number of aryl methyl sites for hydroxylation is 2. The second kappa shape index (κ2) is 8.22. The van der Waals surface area contributed by atoms with E-state index in [1.165, 1.54) is 31.4 Å². The van der Waals surface area contributed by atoms with Gasteiger partial charge in [0.2, 0.25) is 15.9 Å². The number of amides is 1. The minimum absolute atomic E-state index is 0.279. The Balaban J connectivity index is 2.23. The van der Waals surface area contributed by atoms with Gasteiger partial charge in [0.05, 0.1) is 24.6 Å². The van der Waals surface area contributed by atoms with Gasteiger partial charge in [-0.05, 0) is 55.3 Å². The van der Waals surface area contributed by atoms with Crippen molar-refractivity contribution in [2.24, 2.45) is 0 Å². The largest absolute Gasteiger partial charge is 0.465 e. The maximum Gasteiger partial charge on any atom is 0.337 e. The molecule has 27 heavy (non-hydrogen) atoms. The summed E-state index contributed by atoms with van der Waals surface area (Å²) >= 11 is 0. The highest BCUT2D eigenvalue weighted by Gasteiger charge is 2.21. The number of nitrogens with one attached hydrogen (secondary N) is 1. The number of carbonyl (C=O) groups excluding carboxylic acids is 2. The molecule has 2 rings (SSSR count). The van der Waals surface area contributed by atoms with Crippen LogP contribution in [0.25, 0.3) is 0 Å². The summed E-state index contributed by atoms with van der Waals surface area (Å²) in [5, 5.41) is 2.74. The van der Waals surface area contributed by atoms with Crippen LogP contribution in [-0.4, -0.2) is 40.2 Å². The molecule has 0 aliphatic rings. The van der Waals surface area contributed by atoms with E-state index in [0.717, 1.165) is 21.7 Å². The van der Waals surface area contributed by atoms with Gasteiger partial charge in [0, 0.05) is 5.69 Å². The van der Waals surface area contributed by atoms with Crippen molar-refractivity contribution < 1.29 is 22.7 Å². The SMILES string of the molecule is COC(=O)c1ccc(N(CC(=O)Nc2cc(C)ccc2C)S(C)(=O)=O)cc1. The van der Waals surface area contributed by atoms with Crippen LogP contribution >= 0.6 is 0 Å². The summed E-state index contributed by atoms with van der Waals surface area (Å²) in [4.78, 5) is 24.0. The van der Waals surface area contributed by atoms with E-state index < -0.39 is 21.9 Å². The standard InChI is InChI=1S/C19H22N2O5S/c1-13-5-6-14(2)17(11-13)20-18(22)12-21(27(4,24)25)16-9-7-15(8-10-16)19(23)26-3/h5-11H,12H2,1-4H3,(H,20,22). The van der Waals surface area contributed by atoms with E-state index in [9.17, 15) is 18.0 Å². The lowest BCUT2D eigenvalue weighted by Crippen LogP contribution is -2.37. The zero-order valence-electron chi connectivity index (χ0n) is 15.6. The number of benzene rings is 2. The Morgan fingerprint density at radius 2 is 1.70 bits per heavy atom. The summed E-state index contributed by atoms with van der Waals surface area (Å²) in [5.74, 6) is -0.994. The average molecular weight is 390 g/mol. The summed E-state index contributed by atoms with van der Waals surface area (Å²) in [6.07, 6.45) is 1.02. The fourth-order valence-electron chi connectivity index (χ4n) is 2.47. The number of ether oxygens (including phenoxy) is 1. The lowest BCUT2D eigenvalue weighted by molar-refractivity contribution is -0.114. The summed E-state index contributed by atoms with van der Waals surface area (Å²) < 4.78 is 29.9. The van der Waals surface area contributed by atoms with E-state index in [0.29, 0.717) is 5.69 Å². The first-order valence-corrected chi connectivity index (χ1v) is 10.00. The van der Waals surface area contributed by atoms with Gasteiger partial charge < -0.3 is 10.1 Å². The molecule has 8 heteroatoms. The molecule has 144 valence electrons. The van der Waals surface area contributed by atoms with Crippen LogP contribution in [-0.2, 0) is 19.6 Å². The number of hydrogen-bond donors (Lipinski definition) is 1. The lowest BCUT2D eigenvalue weighted by atomic mass is 10.1. The first kappa shape index (κ1) is 20.4. The average Bonchev–Trinajstić information content (AvgIpc) is 2.61. The third kappa shape index (κ3) is 5.30. The second-order valence-corrected chi connectivity index (χ2v) is 8.08. The number of esters is 1. The van der Waals surface area contributed by atoms with Crippen molar-refractivity contribution in [3.05, 3.63) is 59.2 Å². The number of nitrogens with zero attached hydrogens (tertiary/aromatic N) is 1. The molecule has 0 aliphatic heterocycles. The van der Waals surface area contributed by atoms with Crippen LogP contribution in [0, 0.1) is 13.8 Å². The highest BCUT2D eigenvalue weighted by Crippen LogP contribution is 2.20. The number of anilines is 2. The van der Waals surface area contributed by atoms with Crippen LogP contribution in [0.4, 0.5) is 11.4 Å². The van der Waals surface area contributed by atoms with Crippen LogP contribution in [0.1, 0.15) is 21.5 Å². The quantitative estimate of drug-likeness (QED) is 0.765. The smallest absolute Gasteiger partial charge is 0.337 e. The van der Waals surface area contributed by atoms with Gasteiger partial charge in [0.25, 0.3) is 0 Å². The molecule has 0 unspecified atom stereocenters. The van der Waals surface area contributed by atoms with E-state index in [-0.39, 0.29) is 17.8 Å². The molecule has 0 heterocycles. The third-order valence-electron chi connectivity index (χ3n) is 3.93. The molecule has 2 aromatic carbocycles. The van der Waals surface area contributed by atoms with Crippen LogP contribution < -0.4 is 9.62 Å². The maximum atomic E-state index is 12.4. The monoisotopic (exact) mass is 390 g/mol. The van der Waals surface area contributed by atoms with Crippen molar-refractivity contribution >= 4 is 33.3 Å². The number of methoxy groups -OCH3 is 1. The van der Waals surface area contributed by atoms with E-state index >= 15 is 0 Å². The number of sulfonamides is 1. The van der Waals surface area contributed by atoms with Gasteiger partial charge in [-0.3, -0.25) is 9.10 Å². The molecule has 0 bridgehead atoms. The Labute approximate surface area is 159 Å². The summed E-state index contributed by atoms with van der Waals surface area (Å²) in [6, 6.07) is 11.4. The molecule has 1 amide bonds. The molecule has 0 fully saturated rings. The fourth-order valence-corrected chi connectivity index (χ4v) is 3.33. The summed E-state index contributed by atoms with van der Waals surface area (Å²) in [7, 11) is -2.45. The van der Waals surface area contributed by atoms with Crippen molar-refractivity contribution in [2.75, 3.05) is 29.5 Å². The van der Waals surface area contributed by atoms with E-state index in [2.05, 4.69) is 10.1 Å². The van der Waals surface area contributed by atoms with Crippen LogP contribution in [0.2, 0.25) is 0 Å². The molecule has 0 spiro atoms. The van der Waals surface area contributed by atoms with Gasteiger partial charge in [-0.25, -0.2) is 13.2 Å². The first-order chi connectivity index (χ1) is 12.6. The minimum Gasteiger partial charge on any atom is -0.465 e. The van der Waals surface area contributed by atoms with Crippen molar-refractivity contribution in [1.29, 1.82) is 0 Å². The van der Waals surface area contributed by atoms with Crippen LogP contribution in [0.15, 0.2) is 42.5 Å². The normalized spacial score (nSPS) is 11.0. The van der Waals surface area contributed by atoms with Crippen molar-refractivity contribution in [3.63, 3.8) is 0 Å². The Bertz CT molecular complexity index is 953. The Morgan fingerprint density at radius 3 is 2.26 bits per heavy atom. The molecular formula is C19H22N2O5S. The second-order valence-electron chi connectivity index (χ2n) is 6.17. The predicted octanol–water partition coefficient (Wildman–Crippen LogP) is 2.49. The molecule has 0 radical (unpaired) electrons. The van der Waals surface area contributed by atoms with E-state index in [4.69, 9.17) is 0 Å². The molecule has 0 saturated carbocycles. The number of hydrogen-bond acceptors (Lipinski definition) is 5. The van der Waals surface area contributed by atoms with Gasteiger partial charge >= 0.3 is 5.97 Å². The molecule has 0 atom stereocenters. The van der Waals surface area contributed by atoms with Crippen molar-refractivity contribution in [3.8, 4) is 0 Å². The molecule has 0 aromatic heterocycles. The van der Waals surface area contributed by atoms with Gasteiger partial charge in [-0.15, -0.1) is 0 Å². The van der Waals surface area contributed by atoms with Crippen molar-refractivity contribution in [1.82, 2.24) is 0 Å². The Morgan fingerprint density at radius 1 is 1.07 bits per heavy atom. The topological polar surface area (TPSA) is 92.8 Å². The van der Waals surface area contributed by atoms with Crippen LogP contribution in [0.5, 0.6) is 0 Å². The molecule has 1 N–H and O–H groups in total. The predicted molar refractivity (Wildman–Crippen MR) is 105 cm³/mol. The van der Waals surface area contributed by atoms with Gasteiger partial charge in [0.15, 0.2) is 0 Å². The zero-order chi connectivity index (χ0) is 20.2. The number of carbonyl (C=O) groups is 2. The Hall–Kier alpha value is -2.87. The van der Waals surface area contributed by atoms with E-state index in [1.807, 2.05) is 32.0 Å². The lowest BCUT2D eigenvalue weighted by Gasteiger charge is -2.22. The van der Waals surface area contributed by atoms with Crippen molar-refractivity contribution in [2.45, 2.75) is 13.8 Å². The van der Waals surface area contributed by atoms with E-state index in [1.54, 1.807) is 0 Å². The minimum atomic E-state index is -3.71. The molecule has 2 aromatic rings. The fraction of sp³-hybridized carbons (Fsp3) is 0.263. The summed E-state index contributed by atoms with van der Waals surface area (Å²) in [5.41, 5.74) is 3.06. The molecule has 7 nitrogen and oxygen atoms in total. The van der Waals surface area contributed by atoms with Crippen LogP contribution in [0.3, 0.4) is 0 Å². The number of rotatable bonds is 6. The highest BCUT2D eigenvalue weighted by atomic mass is 32.2. The molecule has 0 saturated heterocycles. The van der Waals surface area contributed by atoms with Gasteiger partial charge in [-0.1, -0.05) is 12.1 Å². The summed E-state index contributed by atoms with van der Waals surface area (Å²) in [6.45, 7) is 3.37. The first-order valence-electron chi connectivity index (χ1n) is 8.15. The zero-order valence-corrected chi connectivity index (χ0v) is 16.5. The Kier molecular flexibility index (Phi) is 6.22. The highest BCUT2D eigenvalue weighted by molar-refractivity contribution is 7.92. The van der Waals surface area contributed by atoms with Gasteiger partial charge in [0.1, 0.15) is 6.54 Å². The molecular weight excluding hydrogens is 368 g/mol. The molecule has 0 aliphatic carbocycles. The maximum absolute atomic E-state index is 12.4. The third-order valence-corrected chi connectivity index (χ3v) is 5.07.